The molecule has 1 aromatic carbocycles. The van der Waals surface area contributed by atoms with E-state index in [-0.39, 0.29) is 17.1 Å². The van der Waals surface area contributed by atoms with Gasteiger partial charge in [-0.1, -0.05) is 6.07 Å². The molecule has 2 aliphatic heterocycles. The van der Waals surface area contributed by atoms with Crippen molar-refractivity contribution in [3.05, 3.63) is 45.4 Å². The summed E-state index contributed by atoms with van der Waals surface area (Å²) in [6.45, 7) is 3.90. The van der Waals surface area contributed by atoms with Crippen LogP contribution in [0, 0.1) is 0 Å². The Kier molecular flexibility index (Phi) is 4.55. The van der Waals surface area contributed by atoms with Gasteiger partial charge in [0.15, 0.2) is 11.5 Å². The van der Waals surface area contributed by atoms with Crippen LogP contribution in [0.1, 0.15) is 36.1 Å². The molecule has 0 unspecified atom stereocenters. The lowest BCUT2D eigenvalue weighted by Gasteiger charge is -2.30. The molecule has 1 aromatic heterocycles. The van der Waals surface area contributed by atoms with Gasteiger partial charge in [0.1, 0.15) is 0 Å². The van der Waals surface area contributed by atoms with Gasteiger partial charge in [-0.05, 0) is 43.4 Å². The number of aromatic hydroxyl groups is 2. The first-order valence-corrected chi connectivity index (χ1v) is 9.20. The molecular formula is C19H24N4O3. The minimum atomic E-state index is -0.114. The second-order valence-electron chi connectivity index (χ2n) is 7.15. The molecule has 0 amide bonds. The van der Waals surface area contributed by atoms with E-state index in [1.807, 2.05) is 0 Å². The molecule has 4 rings (SSSR count). The maximum absolute atomic E-state index is 12.5. The Bertz CT molecular complexity index is 858. The molecule has 7 nitrogen and oxygen atoms in total. The van der Waals surface area contributed by atoms with Crippen LogP contribution >= 0.6 is 0 Å². The highest BCUT2D eigenvalue weighted by atomic mass is 16.3. The second-order valence-corrected chi connectivity index (χ2v) is 7.15. The van der Waals surface area contributed by atoms with Gasteiger partial charge in [0.2, 0.25) is 5.95 Å². The number of hydrogen-bond acceptors (Lipinski definition) is 6. The van der Waals surface area contributed by atoms with Crippen molar-refractivity contribution in [1.82, 2.24) is 14.9 Å². The molecule has 7 heteroatoms. The third kappa shape index (κ3) is 3.39. The van der Waals surface area contributed by atoms with Gasteiger partial charge in [0.05, 0.1) is 5.69 Å². The highest BCUT2D eigenvalue weighted by molar-refractivity contribution is 5.40. The molecular weight excluding hydrogens is 332 g/mol. The third-order valence-corrected chi connectivity index (χ3v) is 5.24. The summed E-state index contributed by atoms with van der Waals surface area (Å²) in [5.74, 6) is 0.469. The van der Waals surface area contributed by atoms with Gasteiger partial charge < -0.3 is 15.1 Å². The molecule has 3 heterocycles. The molecule has 1 saturated heterocycles. The Labute approximate surface area is 151 Å². The number of aromatic nitrogens is 2. The first kappa shape index (κ1) is 16.9. The summed E-state index contributed by atoms with van der Waals surface area (Å²) in [7, 11) is 0. The molecule has 1 fully saturated rings. The van der Waals surface area contributed by atoms with E-state index in [0.29, 0.717) is 25.5 Å². The number of phenols is 2. The zero-order valence-corrected chi connectivity index (χ0v) is 14.7. The number of H-pyrrole nitrogens is 1. The number of aromatic amines is 1. The number of hydrogen-bond donors (Lipinski definition) is 3. The molecule has 0 atom stereocenters. The van der Waals surface area contributed by atoms with Crippen molar-refractivity contribution >= 4 is 5.95 Å². The summed E-state index contributed by atoms with van der Waals surface area (Å²) in [5.41, 5.74) is 2.54. The van der Waals surface area contributed by atoms with E-state index in [0.717, 1.165) is 49.3 Å². The molecule has 0 spiro atoms. The van der Waals surface area contributed by atoms with Crippen LogP contribution in [-0.2, 0) is 19.5 Å². The van der Waals surface area contributed by atoms with Gasteiger partial charge in [0, 0.05) is 38.3 Å². The van der Waals surface area contributed by atoms with Crippen molar-refractivity contribution in [2.45, 2.75) is 38.8 Å². The first-order valence-electron chi connectivity index (χ1n) is 9.20. The van der Waals surface area contributed by atoms with Crippen LogP contribution in [0.3, 0.4) is 0 Å². The maximum atomic E-state index is 12.5. The Morgan fingerprint density at radius 1 is 1.08 bits per heavy atom. The molecule has 2 aliphatic rings. The number of benzene rings is 1. The lowest BCUT2D eigenvalue weighted by atomic mass is 10.1. The summed E-state index contributed by atoms with van der Waals surface area (Å²) in [4.78, 5) is 24.6. The van der Waals surface area contributed by atoms with Crippen molar-refractivity contribution in [1.29, 1.82) is 0 Å². The summed E-state index contributed by atoms with van der Waals surface area (Å²) in [6, 6.07) is 4.88. The highest BCUT2D eigenvalue weighted by Crippen LogP contribution is 2.26. The normalized spacial score (nSPS) is 17.9. The van der Waals surface area contributed by atoms with Crippen LogP contribution in [0.5, 0.6) is 11.5 Å². The summed E-state index contributed by atoms with van der Waals surface area (Å²) >= 11 is 0. The summed E-state index contributed by atoms with van der Waals surface area (Å²) < 4.78 is 0. The smallest absolute Gasteiger partial charge is 0.255 e. The van der Waals surface area contributed by atoms with Gasteiger partial charge in [0.25, 0.3) is 5.56 Å². The van der Waals surface area contributed by atoms with E-state index in [4.69, 9.17) is 4.98 Å². The largest absolute Gasteiger partial charge is 0.504 e. The van der Waals surface area contributed by atoms with E-state index in [9.17, 15) is 15.0 Å². The van der Waals surface area contributed by atoms with Crippen molar-refractivity contribution in [2.75, 3.05) is 24.5 Å². The van der Waals surface area contributed by atoms with Gasteiger partial charge in [-0.3, -0.25) is 14.7 Å². The van der Waals surface area contributed by atoms with Crippen LogP contribution in [0.4, 0.5) is 5.95 Å². The van der Waals surface area contributed by atoms with E-state index in [1.165, 1.54) is 12.5 Å². The van der Waals surface area contributed by atoms with Gasteiger partial charge in [-0.25, -0.2) is 4.98 Å². The lowest BCUT2D eigenvalue weighted by molar-refractivity contribution is 0.240. The quantitative estimate of drug-likeness (QED) is 0.726. The van der Waals surface area contributed by atoms with Gasteiger partial charge >= 0.3 is 0 Å². The van der Waals surface area contributed by atoms with E-state index in [1.54, 1.807) is 12.1 Å². The number of piperidine rings is 1. The fourth-order valence-corrected chi connectivity index (χ4v) is 3.80. The molecule has 2 aromatic rings. The molecule has 26 heavy (non-hydrogen) atoms. The maximum Gasteiger partial charge on any atom is 0.255 e. The average molecular weight is 356 g/mol. The summed E-state index contributed by atoms with van der Waals surface area (Å²) in [6.07, 6.45) is 4.18. The SMILES string of the molecule is O=c1[nH]c(N2CCCCC2)nc2c1CCN(Cc1ccc(O)c(O)c1)C2. The average Bonchev–Trinajstić information content (AvgIpc) is 2.65. The predicted octanol–water partition coefficient (Wildman–Crippen LogP) is 1.73. The molecule has 0 saturated carbocycles. The number of phenolic OH excluding ortho intramolecular Hbond substituents is 2. The summed E-state index contributed by atoms with van der Waals surface area (Å²) in [5, 5.41) is 19.1. The fraction of sp³-hybridized carbons (Fsp3) is 0.474. The van der Waals surface area contributed by atoms with Crippen molar-refractivity contribution in [2.24, 2.45) is 0 Å². The van der Waals surface area contributed by atoms with E-state index in [2.05, 4.69) is 14.8 Å². The van der Waals surface area contributed by atoms with Crippen molar-refractivity contribution in [3.63, 3.8) is 0 Å². The topological polar surface area (TPSA) is 92.7 Å². The van der Waals surface area contributed by atoms with Crippen LogP contribution < -0.4 is 10.5 Å². The Morgan fingerprint density at radius 3 is 2.65 bits per heavy atom. The highest BCUT2D eigenvalue weighted by Gasteiger charge is 2.23. The molecule has 3 N–H and O–H groups in total. The van der Waals surface area contributed by atoms with Gasteiger partial charge in [-0.2, -0.15) is 0 Å². The standard InChI is InChI=1S/C19H24N4O3/c24-16-5-4-13(10-17(16)25)11-22-9-6-14-15(12-22)20-19(21-18(14)26)23-7-2-1-3-8-23/h4-5,10,24-25H,1-3,6-9,11-12H2,(H,20,21,26). The number of nitrogens with one attached hydrogen (secondary N) is 1. The zero-order chi connectivity index (χ0) is 18.1. The number of fused-ring (bicyclic) bond motifs is 1. The van der Waals surface area contributed by atoms with Crippen LogP contribution in [0.15, 0.2) is 23.0 Å². The van der Waals surface area contributed by atoms with Crippen molar-refractivity contribution in [3.8, 4) is 11.5 Å². The minimum Gasteiger partial charge on any atom is -0.504 e. The van der Waals surface area contributed by atoms with Crippen molar-refractivity contribution < 1.29 is 10.2 Å². The lowest BCUT2D eigenvalue weighted by Crippen LogP contribution is -2.38. The molecule has 0 aliphatic carbocycles. The zero-order valence-electron chi connectivity index (χ0n) is 14.7. The Hall–Kier alpha value is -2.54. The number of nitrogens with zero attached hydrogens (tertiary/aromatic N) is 3. The molecule has 0 bridgehead atoms. The third-order valence-electron chi connectivity index (χ3n) is 5.24. The monoisotopic (exact) mass is 356 g/mol. The van der Waals surface area contributed by atoms with Crippen LogP contribution in [0.25, 0.3) is 0 Å². The van der Waals surface area contributed by atoms with Crippen LogP contribution in [-0.4, -0.2) is 44.7 Å². The number of anilines is 1. The minimum absolute atomic E-state index is 0.0162. The number of rotatable bonds is 3. The molecule has 138 valence electrons. The van der Waals surface area contributed by atoms with Crippen LogP contribution in [0.2, 0.25) is 0 Å². The Morgan fingerprint density at radius 2 is 1.88 bits per heavy atom. The molecule has 0 radical (unpaired) electrons. The second kappa shape index (κ2) is 6.99. The van der Waals surface area contributed by atoms with E-state index < -0.39 is 0 Å². The van der Waals surface area contributed by atoms with Gasteiger partial charge in [-0.15, -0.1) is 0 Å². The predicted molar refractivity (Wildman–Crippen MR) is 98.5 cm³/mol. The first-order chi connectivity index (χ1) is 12.6. The van der Waals surface area contributed by atoms with E-state index >= 15 is 0 Å². The Balaban J connectivity index is 1.54. The fourth-order valence-electron chi connectivity index (χ4n) is 3.80.